The minimum Gasteiger partial charge on any atom is -0.494 e. The Labute approximate surface area is 92.2 Å². The molecule has 1 rings (SSSR count). The molecule has 0 aromatic carbocycles. The van der Waals surface area contributed by atoms with Gasteiger partial charge in [0.25, 0.3) is 0 Å². The molecule has 96 valence electrons. The van der Waals surface area contributed by atoms with Crippen molar-refractivity contribution >= 4 is 0 Å². The van der Waals surface area contributed by atoms with Crippen molar-refractivity contribution in [1.29, 1.82) is 0 Å². The van der Waals surface area contributed by atoms with E-state index >= 15 is 0 Å². The van der Waals surface area contributed by atoms with Gasteiger partial charge < -0.3 is 4.74 Å². The van der Waals surface area contributed by atoms with Crippen LogP contribution in [0.1, 0.15) is 18.3 Å². The molecule has 1 heterocycles. The summed E-state index contributed by atoms with van der Waals surface area (Å²) in [7, 11) is 0. The van der Waals surface area contributed by atoms with Gasteiger partial charge in [0.15, 0.2) is 0 Å². The molecule has 0 saturated heterocycles. The van der Waals surface area contributed by atoms with Crippen molar-refractivity contribution in [2.24, 2.45) is 0 Å². The van der Waals surface area contributed by atoms with E-state index in [9.17, 15) is 26.3 Å². The summed E-state index contributed by atoms with van der Waals surface area (Å²) in [5.41, 5.74) is -3.26. The fraction of sp³-hybridized carbons (Fsp3) is 0.444. The number of rotatable bonds is 2. The molecule has 2 nitrogen and oxygen atoms in total. The van der Waals surface area contributed by atoms with Crippen LogP contribution in [0.5, 0.6) is 5.75 Å². The van der Waals surface area contributed by atoms with Crippen LogP contribution in [-0.2, 0) is 12.4 Å². The first-order chi connectivity index (χ1) is 7.64. The van der Waals surface area contributed by atoms with Gasteiger partial charge >= 0.3 is 12.4 Å². The largest absolute Gasteiger partial charge is 0.494 e. The Morgan fingerprint density at radius 1 is 1.00 bits per heavy atom. The maximum Gasteiger partial charge on any atom is 0.433 e. The third kappa shape index (κ3) is 3.50. The number of halogens is 6. The highest BCUT2D eigenvalue weighted by Crippen LogP contribution is 2.35. The number of hydrogen-bond acceptors (Lipinski definition) is 2. The number of ether oxygens (including phenoxy) is 1. The van der Waals surface area contributed by atoms with Gasteiger partial charge in [-0.25, -0.2) is 4.98 Å². The van der Waals surface area contributed by atoms with Crippen LogP contribution in [0.2, 0.25) is 0 Å². The number of alkyl halides is 6. The van der Waals surface area contributed by atoms with Crippen LogP contribution in [0, 0.1) is 0 Å². The Morgan fingerprint density at radius 3 is 1.71 bits per heavy atom. The van der Waals surface area contributed by atoms with Gasteiger partial charge in [-0.1, -0.05) is 0 Å². The minimum absolute atomic E-state index is 0.0430. The molecular weight excluding hydrogens is 252 g/mol. The molecule has 0 aliphatic heterocycles. The highest BCUT2D eigenvalue weighted by molar-refractivity contribution is 5.29. The lowest BCUT2D eigenvalue weighted by Gasteiger charge is -2.13. The predicted molar refractivity (Wildman–Crippen MR) is 45.4 cm³/mol. The van der Waals surface area contributed by atoms with Crippen LogP contribution in [0.4, 0.5) is 26.3 Å². The van der Waals surface area contributed by atoms with E-state index in [2.05, 4.69) is 9.72 Å². The standard InChI is InChI=1S/C9H7F6NO/c1-2-17-5-3-6(8(10,11)12)16-7(4-5)9(13,14)15/h3-4H,2H2,1H3. The molecule has 1 aromatic heterocycles. The van der Waals surface area contributed by atoms with Crippen molar-refractivity contribution in [3.63, 3.8) is 0 Å². The average molecular weight is 259 g/mol. The second-order valence-corrected chi connectivity index (χ2v) is 3.00. The molecule has 1 aromatic rings. The summed E-state index contributed by atoms with van der Waals surface area (Å²) < 4.78 is 78.4. The summed E-state index contributed by atoms with van der Waals surface area (Å²) in [6.45, 7) is 1.40. The molecule has 0 aliphatic carbocycles. The SMILES string of the molecule is CCOc1cc(C(F)(F)F)nc(C(F)(F)F)c1. The molecule has 0 aliphatic rings. The lowest BCUT2D eigenvalue weighted by Crippen LogP contribution is -2.15. The molecule has 0 N–H and O–H groups in total. The van der Waals surface area contributed by atoms with E-state index in [1.807, 2.05) is 0 Å². The van der Waals surface area contributed by atoms with E-state index in [4.69, 9.17) is 0 Å². The van der Waals surface area contributed by atoms with Crippen molar-refractivity contribution < 1.29 is 31.1 Å². The Bertz CT molecular complexity index is 365. The molecule has 0 unspecified atom stereocenters. The van der Waals surface area contributed by atoms with Crippen molar-refractivity contribution in [3.05, 3.63) is 23.5 Å². The maximum absolute atomic E-state index is 12.3. The third-order valence-corrected chi connectivity index (χ3v) is 1.69. The molecule has 0 spiro atoms. The topological polar surface area (TPSA) is 22.1 Å². The normalized spacial score (nSPS) is 12.6. The second kappa shape index (κ2) is 4.42. The summed E-state index contributed by atoms with van der Waals surface area (Å²) in [4.78, 5) is 2.53. The van der Waals surface area contributed by atoms with Gasteiger partial charge in [-0.05, 0) is 6.92 Å². The van der Waals surface area contributed by atoms with E-state index in [1.54, 1.807) is 0 Å². The molecule has 0 fully saturated rings. The molecular formula is C9H7F6NO. The highest BCUT2D eigenvalue weighted by Gasteiger charge is 2.39. The summed E-state index contributed by atoms with van der Waals surface area (Å²) >= 11 is 0. The predicted octanol–water partition coefficient (Wildman–Crippen LogP) is 3.52. The Hall–Kier alpha value is -1.47. The van der Waals surface area contributed by atoms with E-state index in [-0.39, 0.29) is 6.61 Å². The zero-order valence-corrected chi connectivity index (χ0v) is 8.49. The maximum atomic E-state index is 12.3. The summed E-state index contributed by atoms with van der Waals surface area (Å²) in [6, 6.07) is 0.859. The number of pyridine rings is 1. The zero-order chi connectivity index (χ0) is 13.3. The van der Waals surface area contributed by atoms with Crippen LogP contribution in [0.25, 0.3) is 0 Å². The summed E-state index contributed by atoms with van der Waals surface area (Å²) in [5.74, 6) is -0.512. The first kappa shape index (κ1) is 13.6. The lowest BCUT2D eigenvalue weighted by atomic mass is 10.2. The van der Waals surface area contributed by atoms with Crippen molar-refractivity contribution in [2.45, 2.75) is 19.3 Å². The first-order valence-corrected chi connectivity index (χ1v) is 4.44. The number of nitrogens with zero attached hydrogens (tertiary/aromatic N) is 1. The van der Waals surface area contributed by atoms with Crippen LogP contribution in [-0.4, -0.2) is 11.6 Å². The van der Waals surface area contributed by atoms with Crippen molar-refractivity contribution in [3.8, 4) is 5.75 Å². The number of hydrogen-bond donors (Lipinski definition) is 0. The molecule has 0 amide bonds. The van der Waals surface area contributed by atoms with E-state index in [0.29, 0.717) is 12.1 Å². The minimum atomic E-state index is -4.95. The molecule has 0 atom stereocenters. The van der Waals surface area contributed by atoms with Gasteiger partial charge in [-0.3, -0.25) is 0 Å². The summed E-state index contributed by atoms with van der Waals surface area (Å²) in [6.07, 6.45) is -9.90. The van der Waals surface area contributed by atoms with Crippen molar-refractivity contribution in [2.75, 3.05) is 6.61 Å². The van der Waals surface area contributed by atoms with Crippen LogP contribution in [0.15, 0.2) is 12.1 Å². The fourth-order valence-corrected chi connectivity index (χ4v) is 1.05. The lowest BCUT2D eigenvalue weighted by molar-refractivity contribution is -0.150. The van der Waals surface area contributed by atoms with Gasteiger partial charge in [0, 0.05) is 12.1 Å². The van der Waals surface area contributed by atoms with E-state index < -0.39 is 29.5 Å². The van der Waals surface area contributed by atoms with Crippen LogP contribution >= 0.6 is 0 Å². The van der Waals surface area contributed by atoms with E-state index in [0.717, 1.165) is 0 Å². The average Bonchev–Trinajstić information content (AvgIpc) is 2.15. The van der Waals surface area contributed by atoms with Gasteiger partial charge in [0.1, 0.15) is 17.1 Å². The first-order valence-electron chi connectivity index (χ1n) is 4.44. The third-order valence-electron chi connectivity index (χ3n) is 1.69. The van der Waals surface area contributed by atoms with Gasteiger partial charge in [0.05, 0.1) is 6.61 Å². The Morgan fingerprint density at radius 2 is 1.41 bits per heavy atom. The number of aromatic nitrogens is 1. The fourth-order valence-electron chi connectivity index (χ4n) is 1.05. The Balaban J connectivity index is 3.29. The van der Waals surface area contributed by atoms with Gasteiger partial charge in [0.2, 0.25) is 0 Å². The van der Waals surface area contributed by atoms with E-state index in [1.165, 1.54) is 6.92 Å². The van der Waals surface area contributed by atoms with Crippen molar-refractivity contribution in [1.82, 2.24) is 4.98 Å². The molecule has 0 saturated carbocycles. The summed E-state index contributed by atoms with van der Waals surface area (Å²) in [5, 5.41) is 0. The van der Waals surface area contributed by atoms with Crippen LogP contribution in [0.3, 0.4) is 0 Å². The van der Waals surface area contributed by atoms with Gasteiger partial charge in [-0.2, -0.15) is 26.3 Å². The molecule has 0 bridgehead atoms. The van der Waals surface area contributed by atoms with Crippen LogP contribution < -0.4 is 4.74 Å². The van der Waals surface area contributed by atoms with Gasteiger partial charge in [-0.15, -0.1) is 0 Å². The second-order valence-electron chi connectivity index (χ2n) is 3.00. The Kier molecular flexibility index (Phi) is 3.53. The smallest absolute Gasteiger partial charge is 0.433 e. The highest BCUT2D eigenvalue weighted by atomic mass is 19.4. The quantitative estimate of drug-likeness (QED) is 0.758. The molecule has 0 radical (unpaired) electrons. The monoisotopic (exact) mass is 259 g/mol. The molecule has 17 heavy (non-hydrogen) atoms. The molecule has 8 heteroatoms. The zero-order valence-electron chi connectivity index (χ0n) is 8.49.